The van der Waals surface area contributed by atoms with Gasteiger partial charge in [0.05, 0.1) is 10.6 Å². The lowest BCUT2D eigenvalue weighted by Crippen LogP contribution is -2.26. The summed E-state index contributed by atoms with van der Waals surface area (Å²) in [5.41, 5.74) is 0.449. The molecule has 1 aliphatic rings. The molecule has 2 aromatic rings. The molecule has 1 aliphatic heterocycles. The number of nitrogens with one attached hydrogen (secondary N) is 1. The summed E-state index contributed by atoms with van der Waals surface area (Å²) >= 11 is 0. The van der Waals surface area contributed by atoms with Gasteiger partial charge >= 0.3 is 0 Å². The van der Waals surface area contributed by atoms with E-state index >= 15 is 0 Å². The topological polar surface area (TPSA) is 106 Å². The fourth-order valence-electron chi connectivity index (χ4n) is 3.27. The van der Waals surface area contributed by atoms with Crippen molar-refractivity contribution in [3.63, 3.8) is 0 Å². The summed E-state index contributed by atoms with van der Waals surface area (Å²) in [6.07, 6.45) is 1.24. The van der Waals surface area contributed by atoms with Gasteiger partial charge in [-0.05, 0) is 38.0 Å². The molecule has 0 bridgehead atoms. The number of H-pyrrole nitrogens is 1. The van der Waals surface area contributed by atoms with E-state index in [1.54, 1.807) is 20.8 Å². The fraction of sp³-hybridized carbons (Fsp3) is 0.353. The molecule has 0 radical (unpaired) electrons. The number of hydrogen-bond acceptors (Lipinski definition) is 5. The van der Waals surface area contributed by atoms with Crippen molar-refractivity contribution < 1.29 is 18.0 Å². The molecule has 8 heteroatoms. The zero-order valence-electron chi connectivity index (χ0n) is 14.2. The van der Waals surface area contributed by atoms with E-state index in [9.17, 15) is 22.8 Å². The molecule has 1 aromatic heterocycles. The predicted molar refractivity (Wildman–Crippen MR) is 91.1 cm³/mol. The zero-order valence-corrected chi connectivity index (χ0v) is 15.0. The normalized spacial score (nSPS) is 15.9. The minimum absolute atomic E-state index is 0.0119. The smallest absolute Gasteiger partial charge is 0.277 e. The van der Waals surface area contributed by atoms with Gasteiger partial charge in [-0.2, -0.15) is 0 Å². The second-order valence-corrected chi connectivity index (χ2v) is 8.17. The van der Waals surface area contributed by atoms with E-state index in [-0.39, 0.29) is 39.5 Å². The number of carbonyl (C=O) groups is 2. The van der Waals surface area contributed by atoms with Gasteiger partial charge in [0, 0.05) is 30.3 Å². The molecule has 0 saturated heterocycles. The highest BCUT2D eigenvalue weighted by atomic mass is 32.2. The molecule has 0 unspecified atom stereocenters. The Morgan fingerprint density at radius 3 is 2.52 bits per heavy atom. The average molecular weight is 362 g/mol. The minimum Gasteiger partial charge on any atom is -0.302 e. The number of aromatic amines is 1. The van der Waals surface area contributed by atoms with Crippen molar-refractivity contribution in [2.45, 2.75) is 38.6 Å². The van der Waals surface area contributed by atoms with Gasteiger partial charge in [-0.25, -0.2) is 8.42 Å². The summed E-state index contributed by atoms with van der Waals surface area (Å²) in [5.74, 6) is -1.03. The number of aromatic nitrogens is 2. The molecule has 132 valence electrons. The van der Waals surface area contributed by atoms with Crippen LogP contribution >= 0.6 is 0 Å². The molecular weight excluding hydrogens is 344 g/mol. The molecule has 7 nitrogen and oxygen atoms in total. The van der Waals surface area contributed by atoms with Crippen molar-refractivity contribution in [2.75, 3.05) is 5.75 Å². The van der Waals surface area contributed by atoms with Crippen LogP contribution in [0.25, 0.3) is 0 Å². The lowest BCUT2D eigenvalue weighted by atomic mass is 9.91. The maximum Gasteiger partial charge on any atom is 0.277 e. The first kappa shape index (κ1) is 17.3. The third kappa shape index (κ3) is 2.57. The Balaban J connectivity index is 2.26. The second-order valence-electron chi connectivity index (χ2n) is 6.13. The fourth-order valence-corrected chi connectivity index (χ4v) is 5.06. The number of sulfone groups is 1. The van der Waals surface area contributed by atoms with Crippen molar-refractivity contribution in [2.24, 2.45) is 0 Å². The van der Waals surface area contributed by atoms with E-state index in [0.717, 1.165) is 0 Å². The highest BCUT2D eigenvalue weighted by molar-refractivity contribution is 7.91. The highest BCUT2D eigenvalue weighted by Gasteiger charge is 2.34. The molecule has 1 N–H and O–H groups in total. The number of carbonyl (C=O) groups excluding carboxylic acids is 2. The third-order valence-corrected chi connectivity index (χ3v) is 6.45. The van der Waals surface area contributed by atoms with Crippen molar-refractivity contribution in [1.82, 2.24) is 9.78 Å². The maximum atomic E-state index is 12.8. The van der Waals surface area contributed by atoms with Crippen LogP contribution in [0.1, 0.15) is 50.8 Å². The first-order valence-electron chi connectivity index (χ1n) is 7.92. The van der Waals surface area contributed by atoms with E-state index < -0.39 is 21.2 Å². The Morgan fingerprint density at radius 1 is 1.24 bits per heavy atom. The van der Waals surface area contributed by atoms with E-state index in [0.29, 0.717) is 17.7 Å². The Labute approximate surface area is 144 Å². The van der Waals surface area contributed by atoms with Crippen molar-refractivity contribution in [3.05, 3.63) is 50.4 Å². The van der Waals surface area contributed by atoms with Crippen LogP contribution in [-0.2, 0) is 16.4 Å². The molecule has 1 aromatic carbocycles. The van der Waals surface area contributed by atoms with Gasteiger partial charge in [-0.1, -0.05) is 0 Å². The summed E-state index contributed by atoms with van der Waals surface area (Å²) in [5, 5.41) is 2.71. The molecule has 3 rings (SSSR count). The number of aryl methyl sites for hydroxylation is 2. The molecule has 0 atom stereocenters. The number of ketones is 2. The molecule has 2 heterocycles. The predicted octanol–water partition coefficient (Wildman–Crippen LogP) is 1.40. The molecule has 0 aliphatic carbocycles. The Bertz CT molecular complexity index is 1070. The summed E-state index contributed by atoms with van der Waals surface area (Å²) in [6, 6.07) is 1.45. The Hall–Kier alpha value is -2.48. The number of fused-ring (bicyclic) bond motifs is 1. The SMILES string of the molecule is CCn1[nH]cc(C(=O)c2cc(C)c3c(c2C)C(=O)CCS3(=O)=O)c1=O. The Kier molecular flexibility index (Phi) is 4.03. The van der Waals surface area contributed by atoms with E-state index in [4.69, 9.17) is 0 Å². The van der Waals surface area contributed by atoms with Crippen molar-refractivity contribution in [1.29, 1.82) is 0 Å². The number of hydrogen-bond donors (Lipinski definition) is 1. The molecule has 25 heavy (non-hydrogen) atoms. The van der Waals surface area contributed by atoms with Gasteiger partial charge in [0.2, 0.25) is 0 Å². The van der Waals surface area contributed by atoms with Crippen LogP contribution in [0.4, 0.5) is 0 Å². The third-order valence-electron chi connectivity index (χ3n) is 4.56. The van der Waals surface area contributed by atoms with Crippen LogP contribution < -0.4 is 5.56 Å². The first-order chi connectivity index (χ1) is 11.7. The zero-order chi connectivity index (χ0) is 18.5. The van der Waals surface area contributed by atoms with Crippen molar-refractivity contribution >= 4 is 21.4 Å². The number of rotatable bonds is 3. The van der Waals surface area contributed by atoms with Crippen LogP contribution in [0.2, 0.25) is 0 Å². The second kappa shape index (κ2) is 5.80. The van der Waals surface area contributed by atoms with Gasteiger partial charge in [0.25, 0.3) is 5.56 Å². The molecule has 0 fully saturated rings. The number of Topliss-reactive ketones (excluding diaryl/α,β-unsaturated/α-hetero) is 1. The van der Waals surface area contributed by atoms with Gasteiger partial charge in [-0.15, -0.1) is 0 Å². The summed E-state index contributed by atoms with van der Waals surface area (Å²) in [6.45, 7) is 5.27. The highest BCUT2D eigenvalue weighted by Crippen LogP contribution is 2.33. The number of benzene rings is 1. The molecule has 0 spiro atoms. The maximum absolute atomic E-state index is 12.8. The van der Waals surface area contributed by atoms with Crippen LogP contribution in [0.15, 0.2) is 22.0 Å². The van der Waals surface area contributed by atoms with Gasteiger partial charge in [0.1, 0.15) is 5.56 Å². The lowest BCUT2D eigenvalue weighted by molar-refractivity contribution is 0.0982. The minimum atomic E-state index is -3.55. The lowest BCUT2D eigenvalue weighted by Gasteiger charge is -2.21. The van der Waals surface area contributed by atoms with Crippen LogP contribution in [-0.4, -0.2) is 35.5 Å². The average Bonchev–Trinajstić information content (AvgIpc) is 2.93. The quantitative estimate of drug-likeness (QED) is 0.831. The largest absolute Gasteiger partial charge is 0.302 e. The van der Waals surface area contributed by atoms with Crippen LogP contribution in [0.5, 0.6) is 0 Å². The summed E-state index contributed by atoms with van der Waals surface area (Å²) in [7, 11) is -3.55. The van der Waals surface area contributed by atoms with E-state index in [1.807, 2.05) is 0 Å². The van der Waals surface area contributed by atoms with Gasteiger partial charge in [-0.3, -0.25) is 19.1 Å². The van der Waals surface area contributed by atoms with Crippen LogP contribution in [0, 0.1) is 13.8 Å². The van der Waals surface area contributed by atoms with Crippen LogP contribution in [0.3, 0.4) is 0 Å². The number of nitrogens with zero attached hydrogens (tertiary/aromatic N) is 1. The van der Waals surface area contributed by atoms with Crippen molar-refractivity contribution in [3.8, 4) is 0 Å². The first-order valence-corrected chi connectivity index (χ1v) is 9.57. The van der Waals surface area contributed by atoms with Gasteiger partial charge < -0.3 is 5.10 Å². The standard InChI is InChI=1S/C17H18N2O5S/c1-4-19-17(22)12(8-18-19)15(21)11-7-9(2)16-14(10(11)3)13(20)5-6-25(16,23)24/h7-8,18H,4-6H2,1-3H3. The van der Waals surface area contributed by atoms with Gasteiger partial charge in [0.15, 0.2) is 21.4 Å². The van der Waals surface area contributed by atoms with E-state index in [1.165, 1.54) is 16.9 Å². The monoisotopic (exact) mass is 362 g/mol. The Morgan fingerprint density at radius 2 is 1.92 bits per heavy atom. The summed E-state index contributed by atoms with van der Waals surface area (Å²) < 4.78 is 26.0. The molecule has 0 amide bonds. The molecular formula is C17H18N2O5S. The molecule has 0 saturated carbocycles. The van der Waals surface area contributed by atoms with E-state index in [2.05, 4.69) is 5.10 Å². The summed E-state index contributed by atoms with van der Waals surface area (Å²) in [4.78, 5) is 37.4.